The number of methoxy groups -OCH3 is 4. The molecule has 0 aromatic heterocycles. The Kier molecular flexibility index (Phi) is 10.1. The summed E-state index contributed by atoms with van der Waals surface area (Å²) in [4.78, 5) is 26.0. The number of hydrogen-bond acceptors (Lipinski definition) is 8. The summed E-state index contributed by atoms with van der Waals surface area (Å²) in [5.74, 6) is 1.68. The molecule has 4 rings (SSSR count). The molecular weight excluding hydrogens is 536 g/mol. The number of azo groups is 1. The maximum absolute atomic E-state index is 13.1. The smallest absolute Gasteiger partial charge is 0.228 e. The van der Waals surface area contributed by atoms with Gasteiger partial charge in [-0.1, -0.05) is 30.3 Å². The van der Waals surface area contributed by atoms with Crippen LogP contribution < -0.4 is 29.6 Å². The molecule has 0 fully saturated rings. The van der Waals surface area contributed by atoms with E-state index in [0.29, 0.717) is 45.7 Å². The summed E-state index contributed by atoms with van der Waals surface area (Å²) in [6.45, 7) is 0. The summed E-state index contributed by atoms with van der Waals surface area (Å²) < 4.78 is 21.2. The first kappa shape index (κ1) is 29.6. The van der Waals surface area contributed by atoms with Crippen molar-refractivity contribution in [2.24, 2.45) is 10.2 Å². The standard InChI is InChI=1S/C32H32N4O6/c1-39-27-14-10-21(16-29(27)41-3)18-31(37)33-24-12-13-25(36-35-23-8-6-5-7-9-23)26(20-24)34-32(38)19-22-11-15-28(40-2)30(17-22)42-4/h5-17,20H,18-19H2,1-4H3,(H,33,37)(H,34,38). The first-order valence-corrected chi connectivity index (χ1v) is 13.0. The van der Waals surface area contributed by atoms with Crippen LogP contribution in [-0.4, -0.2) is 40.3 Å². The average molecular weight is 569 g/mol. The van der Waals surface area contributed by atoms with Gasteiger partial charge in [-0.3, -0.25) is 9.59 Å². The van der Waals surface area contributed by atoms with Crippen LogP contribution in [0.15, 0.2) is 95.2 Å². The highest BCUT2D eigenvalue weighted by atomic mass is 16.5. The van der Waals surface area contributed by atoms with Crippen molar-refractivity contribution >= 4 is 34.6 Å². The van der Waals surface area contributed by atoms with Crippen LogP contribution in [0, 0.1) is 0 Å². The minimum absolute atomic E-state index is 0.0749. The molecule has 0 unspecified atom stereocenters. The maximum atomic E-state index is 13.1. The zero-order valence-electron chi connectivity index (χ0n) is 23.8. The third kappa shape index (κ3) is 7.85. The Morgan fingerprint density at radius 1 is 0.595 bits per heavy atom. The molecule has 4 aromatic carbocycles. The number of amides is 2. The Morgan fingerprint density at radius 3 is 1.69 bits per heavy atom. The van der Waals surface area contributed by atoms with E-state index in [2.05, 4.69) is 20.9 Å². The number of benzene rings is 4. The largest absolute Gasteiger partial charge is 0.493 e. The van der Waals surface area contributed by atoms with Crippen LogP contribution in [0.4, 0.5) is 22.7 Å². The number of carbonyl (C=O) groups excluding carboxylic acids is 2. The highest BCUT2D eigenvalue weighted by molar-refractivity contribution is 5.98. The SMILES string of the molecule is COc1ccc(CC(=O)Nc2ccc(N=Nc3ccccc3)c(NC(=O)Cc3ccc(OC)c(OC)c3)c2)cc1OC. The van der Waals surface area contributed by atoms with Crippen molar-refractivity contribution in [3.63, 3.8) is 0 Å². The van der Waals surface area contributed by atoms with Crippen molar-refractivity contribution in [2.75, 3.05) is 39.1 Å². The van der Waals surface area contributed by atoms with Gasteiger partial charge in [0.25, 0.3) is 0 Å². The lowest BCUT2D eigenvalue weighted by Crippen LogP contribution is -2.16. The van der Waals surface area contributed by atoms with E-state index in [0.717, 1.165) is 11.1 Å². The Morgan fingerprint density at radius 2 is 1.14 bits per heavy atom. The molecule has 4 aromatic rings. The third-order valence-corrected chi connectivity index (χ3v) is 6.21. The molecule has 0 saturated heterocycles. The van der Waals surface area contributed by atoms with Crippen LogP contribution in [0.3, 0.4) is 0 Å². The van der Waals surface area contributed by atoms with Gasteiger partial charge in [0, 0.05) is 5.69 Å². The van der Waals surface area contributed by atoms with Crippen LogP contribution in [-0.2, 0) is 22.4 Å². The van der Waals surface area contributed by atoms with E-state index in [4.69, 9.17) is 18.9 Å². The van der Waals surface area contributed by atoms with Crippen molar-refractivity contribution in [1.29, 1.82) is 0 Å². The monoisotopic (exact) mass is 568 g/mol. The Hall–Kier alpha value is -5.38. The lowest BCUT2D eigenvalue weighted by molar-refractivity contribution is -0.116. The van der Waals surface area contributed by atoms with Gasteiger partial charge in [0.15, 0.2) is 23.0 Å². The topological polar surface area (TPSA) is 120 Å². The number of rotatable bonds is 12. The van der Waals surface area contributed by atoms with Crippen molar-refractivity contribution in [1.82, 2.24) is 0 Å². The summed E-state index contributed by atoms with van der Waals surface area (Å²) in [6, 6.07) is 24.9. The fourth-order valence-electron chi connectivity index (χ4n) is 4.16. The van der Waals surface area contributed by atoms with Crippen LogP contribution >= 0.6 is 0 Å². The molecule has 0 saturated carbocycles. The van der Waals surface area contributed by atoms with Gasteiger partial charge in [0.2, 0.25) is 11.8 Å². The normalized spacial score (nSPS) is 10.7. The van der Waals surface area contributed by atoms with Crippen LogP contribution in [0.25, 0.3) is 0 Å². The Balaban J connectivity index is 1.54. The molecule has 0 atom stereocenters. The molecule has 2 amide bonds. The number of nitrogens with zero attached hydrogens (tertiary/aromatic N) is 2. The zero-order valence-corrected chi connectivity index (χ0v) is 23.8. The van der Waals surface area contributed by atoms with E-state index in [9.17, 15) is 9.59 Å². The quantitative estimate of drug-likeness (QED) is 0.188. The molecule has 216 valence electrons. The maximum Gasteiger partial charge on any atom is 0.228 e. The van der Waals surface area contributed by atoms with Crippen molar-refractivity contribution in [3.8, 4) is 23.0 Å². The number of hydrogen-bond donors (Lipinski definition) is 2. The number of nitrogens with one attached hydrogen (secondary N) is 2. The van der Waals surface area contributed by atoms with E-state index in [1.54, 1.807) is 75.9 Å². The molecule has 0 heterocycles. The fourth-order valence-corrected chi connectivity index (χ4v) is 4.16. The highest BCUT2D eigenvalue weighted by Gasteiger charge is 2.14. The summed E-state index contributed by atoms with van der Waals surface area (Å²) in [7, 11) is 6.18. The number of carbonyl (C=O) groups is 2. The first-order valence-electron chi connectivity index (χ1n) is 13.0. The molecule has 2 N–H and O–H groups in total. The molecule has 0 bridgehead atoms. The number of anilines is 2. The van der Waals surface area contributed by atoms with Crippen molar-refractivity contribution < 1.29 is 28.5 Å². The predicted molar refractivity (Wildman–Crippen MR) is 161 cm³/mol. The second-order valence-corrected chi connectivity index (χ2v) is 9.10. The molecule has 0 aliphatic carbocycles. The second kappa shape index (κ2) is 14.3. The summed E-state index contributed by atoms with van der Waals surface area (Å²) in [5.41, 5.74) is 3.45. The van der Waals surface area contributed by atoms with Crippen LogP contribution in [0.2, 0.25) is 0 Å². The van der Waals surface area contributed by atoms with Gasteiger partial charge in [0.1, 0.15) is 5.69 Å². The van der Waals surface area contributed by atoms with Gasteiger partial charge in [-0.2, -0.15) is 5.11 Å². The van der Waals surface area contributed by atoms with E-state index in [1.807, 2.05) is 30.3 Å². The summed E-state index contributed by atoms with van der Waals surface area (Å²) in [5, 5.41) is 14.4. The van der Waals surface area contributed by atoms with Crippen LogP contribution in [0.5, 0.6) is 23.0 Å². The van der Waals surface area contributed by atoms with Crippen molar-refractivity contribution in [3.05, 3.63) is 96.1 Å². The summed E-state index contributed by atoms with van der Waals surface area (Å²) >= 11 is 0. The lowest BCUT2D eigenvalue weighted by atomic mass is 10.1. The molecular formula is C32H32N4O6. The Labute approximate surface area is 244 Å². The first-order chi connectivity index (χ1) is 20.4. The fraction of sp³-hybridized carbons (Fsp3) is 0.188. The van der Waals surface area contributed by atoms with Gasteiger partial charge >= 0.3 is 0 Å². The lowest BCUT2D eigenvalue weighted by Gasteiger charge is -2.13. The van der Waals surface area contributed by atoms with Crippen LogP contribution in [0.1, 0.15) is 11.1 Å². The second-order valence-electron chi connectivity index (χ2n) is 9.10. The summed E-state index contributed by atoms with van der Waals surface area (Å²) in [6.07, 6.45) is 0.183. The minimum Gasteiger partial charge on any atom is -0.493 e. The van der Waals surface area contributed by atoms with Gasteiger partial charge in [-0.15, -0.1) is 5.11 Å². The highest BCUT2D eigenvalue weighted by Crippen LogP contribution is 2.32. The molecule has 0 radical (unpaired) electrons. The molecule has 10 heteroatoms. The van der Waals surface area contributed by atoms with E-state index >= 15 is 0 Å². The Bertz CT molecular complexity index is 1570. The number of ether oxygens (including phenoxy) is 4. The van der Waals surface area contributed by atoms with Gasteiger partial charge < -0.3 is 29.6 Å². The average Bonchev–Trinajstić information content (AvgIpc) is 3.00. The third-order valence-electron chi connectivity index (χ3n) is 6.21. The van der Waals surface area contributed by atoms with E-state index in [-0.39, 0.29) is 24.7 Å². The van der Waals surface area contributed by atoms with Gasteiger partial charge in [-0.05, 0) is 65.7 Å². The van der Waals surface area contributed by atoms with E-state index in [1.165, 1.54) is 7.11 Å². The van der Waals surface area contributed by atoms with E-state index < -0.39 is 0 Å². The minimum atomic E-state index is -0.285. The molecule has 10 nitrogen and oxygen atoms in total. The molecule has 0 spiro atoms. The molecule has 0 aliphatic heterocycles. The molecule has 42 heavy (non-hydrogen) atoms. The predicted octanol–water partition coefficient (Wildman–Crippen LogP) is 6.50. The zero-order chi connectivity index (χ0) is 29.9. The van der Waals surface area contributed by atoms with Crippen molar-refractivity contribution in [2.45, 2.75) is 12.8 Å². The van der Waals surface area contributed by atoms with Gasteiger partial charge in [0.05, 0.1) is 52.7 Å². The van der Waals surface area contributed by atoms with Gasteiger partial charge in [-0.25, -0.2) is 0 Å². The molecule has 0 aliphatic rings.